The molecule has 0 unspecified atom stereocenters. The number of anilines is 1. The highest BCUT2D eigenvalue weighted by Gasteiger charge is 2.25. The Morgan fingerprint density at radius 3 is 2.50 bits per heavy atom. The van der Waals surface area contributed by atoms with Crippen molar-refractivity contribution in [2.45, 2.75) is 20.8 Å². The first-order chi connectivity index (χ1) is 13.4. The van der Waals surface area contributed by atoms with Crippen LogP contribution in [0.2, 0.25) is 0 Å². The topological polar surface area (TPSA) is 73.2 Å². The smallest absolute Gasteiger partial charge is 0.296 e. The van der Waals surface area contributed by atoms with Gasteiger partial charge in [0.25, 0.3) is 11.7 Å². The first-order valence-electron chi connectivity index (χ1n) is 8.82. The first kappa shape index (κ1) is 19.3. The maximum Gasteiger partial charge on any atom is 0.296 e. The fourth-order valence-electron chi connectivity index (χ4n) is 2.94. The van der Waals surface area contributed by atoms with E-state index in [1.165, 1.54) is 12.1 Å². The van der Waals surface area contributed by atoms with Gasteiger partial charge in [-0.25, -0.2) is 9.07 Å². The molecule has 0 saturated heterocycles. The SMILES string of the molecule is CCOc1ccc(NC(=O)C(=O)c2c(C)nn(-c3ccccc3)c2C)cc1F. The number of nitrogens with one attached hydrogen (secondary N) is 1. The molecule has 0 atom stereocenters. The van der Waals surface area contributed by atoms with Crippen LogP contribution in [0.4, 0.5) is 10.1 Å². The number of amides is 1. The summed E-state index contributed by atoms with van der Waals surface area (Å²) >= 11 is 0. The number of carbonyl (C=O) groups excluding carboxylic acids is 2. The van der Waals surface area contributed by atoms with Gasteiger partial charge in [0.2, 0.25) is 0 Å². The molecule has 0 aliphatic heterocycles. The first-order valence-corrected chi connectivity index (χ1v) is 8.82. The third kappa shape index (κ3) is 3.78. The number of hydrogen-bond acceptors (Lipinski definition) is 4. The third-order valence-corrected chi connectivity index (χ3v) is 4.21. The average Bonchev–Trinajstić information content (AvgIpc) is 2.98. The second-order valence-corrected chi connectivity index (χ2v) is 6.15. The molecule has 0 bridgehead atoms. The van der Waals surface area contributed by atoms with Gasteiger partial charge in [-0.05, 0) is 45.0 Å². The number of aromatic nitrogens is 2. The molecule has 0 spiro atoms. The van der Waals surface area contributed by atoms with Crippen LogP contribution in [0.15, 0.2) is 48.5 Å². The summed E-state index contributed by atoms with van der Waals surface area (Å²) in [5.41, 5.74) is 2.19. The summed E-state index contributed by atoms with van der Waals surface area (Å²) in [5, 5.41) is 6.81. The number of hydrogen-bond donors (Lipinski definition) is 1. The summed E-state index contributed by atoms with van der Waals surface area (Å²) in [6.45, 7) is 5.46. The van der Waals surface area contributed by atoms with Crippen LogP contribution in [0.25, 0.3) is 5.69 Å². The quantitative estimate of drug-likeness (QED) is 0.520. The predicted molar refractivity (Wildman–Crippen MR) is 104 cm³/mol. The number of carbonyl (C=O) groups is 2. The summed E-state index contributed by atoms with van der Waals surface area (Å²) < 4.78 is 20.7. The Morgan fingerprint density at radius 2 is 1.86 bits per heavy atom. The van der Waals surface area contributed by atoms with E-state index in [9.17, 15) is 14.0 Å². The number of benzene rings is 2. The van der Waals surface area contributed by atoms with Crippen LogP contribution in [-0.4, -0.2) is 28.1 Å². The Hall–Kier alpha value is -3.48. The molecule has 2 aromatic carbocycles. The van der Waals surface area contributed by atoms with Crippen molar-refractivity contribution in [3.63, 3.8) is 0 Å². The molecule has 1 amide bonds. The molecule has 1 heterocycles. The average molecular weight is 381 g/mol. The Balaban J connectivity index is 1.83. The van der Waals surface area contributed by atoms with Crippen molar-refractivity contribution in [2.75, 3.05) is 11.9 Å². The summed E-state index contributed by atoms with van der Waals surface area (Å²) in [4.78, 5) is 25.1. The Labute approximate surface area is 161 Å². The predicted octanol–water partition coefficient (Wildman–Crippen LogP) is 3.85. The van der Waals surface area contributed by atoms with E-state index in [0.29, 0.717) is 18.0 Å². The van der Waals surface area contributed by atoms with Crippen LogP contribution in [-0.2, 0) is 4.79 Å². The van der Waals surface area contributed by atoms with E-state index >= 15 is 0 Å². The van der Waals surface area contributed by atoms with Crippen molar-refractivity contribution in [3.05, 3.63) is 71.3 Å². The minimum Gasteiger partial charge on any atom is -0.491 e. The largest absolute Gasteiger partial charge is 0.491 e. The Morgan fingerprint density at radius 1 is 1.14 bits per heavy atom. The van der Waals surface area contributed by atoms with Crippen molar-refractivity contribution in [1.29, 1.82) is 0 Å². The van der Waals surface area contributed by atoms with E-state index < -0.39 is 17.5 Å². The molecule has 3 aromatic rings. The van der Waals surface area contributed by atoms with Crippen LogP contribution in [0.3, 0.4) is 0 Å². The second-order valence-electron chi connectivity index (χ2n) is 6.15. The molecule has 28 heavy (non-hydrogen) atoms. The van der Waals surface area contributed by atoms with E-state index in [2.05, 4.69) is 10.4 Å². The van der Waals surface area contributed by atoms with Crippen LogP contribution < -0.4 is 10.1 Å². The van der Waals surface area contributed by atoms with E-state index in [4.69, 9.17) is 4.74 Å². The molecule has 0 aliphatic rings. The maximum atomic E-state index is 14.0. The summed E-state index contributed by atoms with van der Waals surface area (Å²) in [7, 11) is 0. The van der Waals surface area contributed by atoms with Crippen LogP contribution >= 0.6 is 0 Å². The number of para-hydroxylation sites is 1. The molecule has 1 aromatic heterocycles. The second kappa shape index (κ2) is 8.04. The standard InChI is InChI=1S/C21H20FN3O3/c1-4-28-18-11-10-15(12-17(18)22)23-21(27)20(26)19-13(2)24-25(14(19)3)16-8-6-5-7-9-16/h5-12H,4H2,1-3H3,(H,23,27). The number of nitrogens with zero attached hydrogens (tertiary/aromatic N) is 2. The van der Waals surface area contributed by atoms with Gasteiger partial charge in [-0.1, -0.05) is 18.2 Å². The van der Waals surface area contributed by atoms with Crippen LogP contribution in [0.5, 0.6) is 5.75 Å². The Kier molecular flexibility index (Phi) is 5.54. The molecule has 6 nitrogen and oxygen atoms in total. The lowest BCUT2D eigenvalue weighted by Crippen LogP contribution is -2.24. The van der Waals surface area contributed by atoms with Gasteiger partial charge in [0, 0.05) is 11.8 Å². The molecule has 0 saturated carbocycles. The zero-order valence-corrected chi connectivity index (χ0v) is 15.8. The molecule has 144 valence electrons. The minimum atomic E-state index is -0.859. The van der Waals surface area contributed by atoms with Crippen molar-refractivity contribution < 1.29 is 18.7 Å². The Bertz CT molecular complexity index is 1030. The van der Waals surface area contributed by atoms with Gasteiger partial charge in [-0.2, -0.15) is 5.10 Å². The van der Waals surface area contributed by atoms with Crippen molar-refractivity contribution in [3.8, 4) is 11.4 Å². The van der Waals surface area contributed by atoms with Crippen molar-refractivity contribution >= 4 is 17.4 Å². The van der Waals surface area contributed by atoms with Gasteiger partial charge in [-0.15, -0.1) is 0 Å². The van der Waals surface area contributed by atoms with E-state index in [0.717, 1.165) is 11.8 Å². The summed E-state index contributed by atoms with van der Waals surface area (Å²) in [6, 6.07) is 13.3. The fraction of sp³-hybridized carbons (Fsp3) is 0.190. The number of aryl methyl sites for hydroxylation is 1. The molecule has 1 N–H and O–H groups in total. The van der Waals surface area contributed by atoms with E-state index in [1.807, 2.05) is 30.3 Å². The monoisotopic (exact) mass is 381 g/mol. The molecule has 7 heteroatoms. The fourth-order valence-corrected chi connectivity index (χ4v) is 2.94. The zero-order chi connectivity index (χ0) is 20.3. The summed E-state index contributed by atoms with van der Waals surface area (Å²) in [6.07, 6.45) is 0. The molecular weight excluding hydrogens is 361 g/mol. The highest BCUT2D eigenvalue weighted by Crippen LogP contribution is 2.22. The lowest BCUT2D eigenvalue weighted by atomic mass is 10.1. The maximum absolute atomic E-state index is 14.0. The van der Waals surface area contributed by atoms with Crippen LogP contribution in [0.1, 0.15) is 28.7 Å². The van der Waals surface area contributed by atoms with Gasteiger partial charge in [0.15, 0.2) is 11.6 Å². The van der Waals surface area contributed by atoms with Crippen molar-refractivity contribution in [2.24, 2.45) is 0 Å². The number of halogens is 1. The number of ketones is 1. The number of Topliss-reactive ketones (excluding diaryl/α,β-unsaturated/α-hetero) is 1. The molecule has 0 fully saturated rings. The number of rotatable bonds is 6. The molecule has 0 aliphatic carbocycles. The van der Waals surface area contributed by atoms with Gasteiger partial charge in [-0.3, -0.25) is 9.59 Å². The summed E-state index contributed by atoms with van der Waals surface area (Å²) in [5.74, 6) is -2.12. The molecule has 3 rings (SSSR count). The number of ether oxygens (including phenoxy) is 1. The zero-order valence-electron chi connectivity index (χ0n) is 15.8. The van der Waals surface area contributed by atoms with Crippen LogP contribution in [0, 0.1) is 19.7 Å². The minimum absolute atomic E-state index is 0.0858. The molecule has 0 radical (unpaired) electrons. The third-order valence-electron chi connectivity index (χ3n) is 4.21. The lowest BCUT2D eigenvalue weighted by molar-refractivity contribution is -0.112. The van der Waals surface area contributed by atoms with E-state index in [-0.39, 0.29) is 17.0 Å². The lowest BCUT2D eigenvalue weighted by Gasteiger charge is -2.08. The van der Waals surface area contributed by atoms with Gasteiger partial charge in [0.05, 0.1) is 29.2 Å². The highest BCUT2D eigenvalue weighted by atomic mass is 19.1. The normalized spacial score (nSPS) is 10.6. The van der Waals surface area contributed by atoms with Gasteiger partial charge >= 0.3 is 0 Å². The van der Waals surface area contributed by atoms with E-state index in [1.54, 1.807) is 25.5 Å². The van der Waals surface area contributed by atoms with Gasteiger partial charge < -0.3 is 10.1 Å². The molecular formula is C21H20FN3O3. The van der Waals surface area contributed by atoms with Gasteiger partial charge in [0.1, 0.15) is 0 Å². The van der Waals surface area contributed by atoms with Crippen molar-refractivity contribution in [1.82, 2.24) is 9.78 Å². The highest BCUT2D eigenvalue weighted by molar-refractivity contribution is 6.47.